The molecule has 5 nitrogen and oxygen atoms in total. The summed E-state index contributed by atoms with van der Waals surface area (Å²) in [4.78, 5) is 22.9. The number of anilines is 2. The molecule has 0 saturated carbocycles. The van der Waals surface area contributed by atoms with Gasteiger partial charge in [0.25, 0.3) is 0 Å². The van der Waals surface area contributed by atoms with E-state index in [1.54, 1.807) is 36.4 Å². The van der Waals surface area contributed by atoms with Gasteiger partial charge in [-0.05, 0) is 42.3 Å². The predicted octanol–water partition coefficient (Wildman–Crippen LogP) is 5.95. The Balaban J connectivity index is 1.93. The first kappa shape index (κ1) is 18.6. The summed E-state index contributed by atoms with van der Waals surface area (Å²) in [5.74, 6) is -1.02. The minimum Gasteiger partial charge on any atom is -0.478 e. The van der Waals surface area contributed by atoms with E-state index < -0.39 is 12.0 Å². The molecular formula is C21H17ClN2O3. The van der Waals surface area contributed by atoms with Gasteiger partial charge in [-0.1, -0.05) is 59.2 Å². The van der Waals surface area contributed by atoms with E-state index in [0.717, 1.165) is 11.1 Å². The number of para-hydroxylation sites is 1. The van der Waals surface area contributed by atoms with E-state index in [1.807, 2.05) is 31.2 Å². The maximum Gasteiger partial charge on any atom is 0.337 e. The van der Waals surface area contributed by atoms with E-state index in [0.29, 0.717) is 22.0 Å². The largest absolute Gasteiger partial charge is 0.478 e. The maximum absolute atomic E-state index is 11.5. The Morgan fingerprint density at radius 1 is 1.04 bits per heavy atom. The molecular weight excluding hydrogens is 364 g/mol. The fourth-order valence-corrected chi connectivity index (χ4v) is 3.22. The zero-order chi connectivity index (χ0) is 19.4. The number of halogens is 1. The third-order valence-electron chi connectivity index (χ3n) is 4.32. The van der Waals surface area contributed by atoms with Crippen molar-refractivity contribution in [3.63, 3.8) is 0 Å². The minimum absolute atomic E-state index is 0.157. The highest BCUT2D eigenvalue weighted by Gasteiger charge is 2.20. The van der Waals surface area contributed by atoms with Gasteiger partial charge in [0.2, 0.25) is 0 Å². The molecule has 3 aromatic carbocycles. The standard InChI is InChI=1S/C21H17ClN2O3/c1-13-6-2-3-7-15(13)20(24-27)16-11-10-14(12-18(16)22)23-19-9-5-4-8-17(19)21(25)26/h2-12,20,23H,1H3,(H,25,26). The van der Waals surface area contributed by atoms with Gasteiger partial charge in [0, 0.05) is 16.3 Å². The van der Waals surface area contributed by atoms with Crippen LogP contribution in [0.15, 0.2) is 71.9 Å². The lowest BCUT2D eigenvalue weighted by Gasteiger charge is -2.16. The SMILES string of the molecule is Cc1ccccc1C(N=O)c1ccc(Nc2ccccc2C(=O)O)cc1Cl. The van der Waals surface area contributed by atoms with Crippen molar-refractivity contribution in [2.75, 3.05) is 5.32 Å². The molecule has 3 aromatic rings. The number of carbonyl (C=O) groups is 1. The van der Waals surface area contributed by atoms with Crippen LogP contribution in [0, 0.1) is 11.8 Å². The number of nitrogens with zero attached hydrogens (tertiary/aromatic N) is 1. The van der Waals surface area contributed by atoms with Gasteiger partial charge in [-0.3, -0.25) is 0 Å². The normalized spacial score (nSPS) is 11.6. The van der Waals surface area contributed by atoms with Crippen LogP contribution < -0.4 is 5.32 Å². The van der Waals surface area contributed by atoms with Crippen molar-refractivity contribution in [1.29, 1.82) is 0 Å². The summed E-state index contributed by atoms with van der Waals surface area (Å²) in [5.41, 5.74) is 3.58. The lowest BCUT2D eigenvalue weighted by molar-refractivity contribution is 0.0698. The van der Waals surface area contributed by atoms with Crippen molar-refractivity contribution >= 4 is 28.9 Å². The zero-order valence-electron chi connectivity index (χ0n) is 14.5. The lowest BCUT2D eigenvalue weighted by Crippen LogP contribution is -2.03. The first-order valence-corrected chi connectivity index (χ1v) is 8.66. The van der Waals surface area contributed by atoms with E-state index in [-0.39, 0.29) is 5.56 Å². The van der Waals surface area contributed by atoms with Gasteiger partial charge in [0.15, 0.2) is 0 Å². The molecule has 27 heavy (non-hydrogen) atoms. The van der Waals surface area contributed by atoms with Crippen molar-refractivity contribution in [3.05, 3.63) is 98.9 Å². The second-order valence-corrected chi connectivity index (χ2v) is 6.48. The van der Waals surface area contributed by atoms with Gasteiger partial charge in [0.05, 0.1) is 11.3 Å². The summed E-state index contributed by atoms with van der Waals surface area (Å²) in [7, 11) is 0. The summed E-state index contributed by atoms with van der Waals surface area (Å²) >= 11 is 6.42. The molecule has 2 N–H and O–H groups in total. The molecule has 0 aliphatic carbocycles. The second-order valence-electron chi connectivity index (χ2n) is 6.08. The van der Waals surface area contributed by atoms with E-state index in [2.05, 4.69) is 10.5 Å². The summed E-state index contributed by atoms with van der Waals surface area (Å²) in [6, 6.07) is 18.5. The monoisotopic (exact) mass is 380 g/mol. The molecule has 0 radical (unpaired) electrons. The number of aryl methyl sites for hydroxylation is 1. The van der Waals surface area contributed by atoms with Crippen LogP contribution in [0.5, 0.6) is 0 Å². The van der Waals surface area contributed by atoms with Crippen LogP contribution in [-0.2, 0) is 0 Å². The van der Waals surface area contributed by atoms with E-state index >= 15 is 0 Å². The Morgan fingerprint density at radius 2 is 1.74 bits per heavy atom. The van der Waals surface area contributed by atoms with Crippen LogP contribution >= 0.6 is 11.6 Å². The Bertz CT molecular complexity index is 1000. The molecule has 1 atom stereocenters. The smallest absolute Gasteiger partial charge is 0.337 e. The minimum atomic E-state index is -1.02. The number of carboxylic acid groups (broad SMARTS) is 1. The van der Waals surface area contributed by atoms with Gasteiger partial charge in [-0.2, -0.15) is 0 Å². The van der Waals surface area contributed by atoms with Crippen molar-refractivity contribution in [2.45, 2.75) is 13.0 Å². The predicted molar refractivity (Wildman–Crippen MR) is 107 cm³/mol. The number of nitrogens with one attached hydrogen (secondary N) is 1. The molecule has 0 aliphatic rings. The molecule has 0 heterocycles. The van der Waals surface area contributed by atoms with E-state index in [4.69, 9.17) is 11.6 Å². The fraction of sp³-hybridized carbons (Fsp3) is 0.0952. The Labute approximate surface area is 161 Å². The van der Waals surface area contributed by atoms with Crippen LogP contribution in [0.1, 0.15) is 33.1 Å². The molecule has 0 saturated heterocycles. The summed E-state index contributed by atoms with van der Waals surface area (Å²) < 4.78 is 0. The van der Waals surface area contributed by atoms with Crippen molar-refractivity contribution < 1.29 is 9.90 Å². The zero-order valence-corrected chi connectivity index (χ0v) is 15.3. The fourth-order valence-electron chi connectivity index (χ4n) is 2.94. The third-order valence-corrected chi connectivity index (χ3v) is 4.65. The molecule has 1 unspecified atom stereocenters. The van der Waals surface area contributed by atoms with Crippen LogP contribution in [0.4, 0.5) is 11.4 Å². The summed E-state index contributed by atoms with van der Waals surface area (Å²) in [6.07, 6.45) is 0. The van der Waals surface area contributed by atoms with Crippen LogP contribution in [0.3, 0.4) is 0 Å². The third kappa shape index (κ3) is 3.99. The topological polar surface area (TPSA) is 78.8 Å². The van der Waals surface area contributed by atoms with Crippen molar-refractivity contribution in [1.82, 2.24) is 0 Å². The highest BCUT2D eigenvalue weighted by Crippen LogP contribution is 2.35. The number of carboxylic acids is 1. The first-order valence-electron chi connectivity index (χ1n) is 8.28. The van der Waals surface area contributed by atoms with Gasteiger partial charge < -0.3 is 10.4 Å². The number of nitroso groups, excluding NO2 is 1. The van der Waals surface area contributed by atoms with Gasteiger partial charge >= 0.3 is 5.97 Å². The maximum atomic E-state index is 11.5. The molecule has 6 heteroatoms. The molecule has 0 fully saturated rings. The summed E-state index contributed by atoms with van der Waals surface area (Å²) in [6.45, 7) is 1.92. The van der Waals surface area contributed by atoms with Crippen molar-refractivity contribution in [2.24, 2.45) is 5.18 Å². The Hall–Kier alpha value is -3.18. The second kappa shape index (κ2) is 8.01. The molecule has 0 amide bonds. The number of hydrogen-bond donors (Lipinski definition) is 2. The average Bonchev–Trinajstić information content (AvgIpc) is 2.65. The van der Waals surface area contributed by atoms with E-state index in [1.165, 1.54) is 6.07 Å². The molecule has 0 aromatic heterocycles. The number of rotatable bonds is 6. The highest BCUT2D eigenvalue weighted by atomic mass is 35.5. The number of benzene rings is 3. The van der Waals surface area contributed by atoms with Gasteiger partial charge in [-0.25, -0.2) is 4.79 Å². The summed E-state index contributed by atoms with van der Waals surface area (Å²) in [5, 5.41) is 16.0. The number of aromatic carboxylic acids is 1. The Kier molecular flexibility index (Phi) is 5.52. The molecule has 3 rings (SSSR count). The molecule has 136 valence electrons. The van der Waals surface area contributed by atoms with Gasteiger partial charge in [-0.15, -0.1) is 4.91 Å². The Morgan fingerprint density at radius 3 is 2.41 bits per heavy atom. The van der Waals surface area contributed by atoms with Crippen LogP contribution in [-0.4, -0.2) is 11.1 Å². The molecule has 0 bridgehead atoms. The van der Waals surface area contributed by atoms with Crippen molar-refractivity contribution in [3.8, 4) is 0 Å². The van der Waals surface area contributed by atoms with Crippen LogP contribution in [0.2, 0.25) is 5.02 Å². The highest BCUT2D eigenvalue weighted by molar-refractivity contribution is 6.31. The lowest BCUT2D eigenvalue weighted by atomic mass is 9.95. The first-order chi connectivity index (χ1) is 13.0. The molecule has 0 spiro atoms. The van der Waals surface area contributed by atoms with E-state index in [9.17, 15) is 14.8 Å². The molecule has 0 aliphatic heterocycles. The quantitative estimate of drug-likeness (QED) is 0.518. The average molecular weight is 381 g/mol. The van der Waals surface area contributed by atoms with Crippen LogP contribution in [0.25, 0.3) is 0 Å². The number of hydrogen-bond acceptors (Lipinski definition) is 4. The van der Waals surface area contributed by atoms with Gasteiger partial charge in [0.1, 0.15) is 6.04 Å².